The maximum absolute atomic E-state index is 13.1. The van der Waals surface area contributed by atoms with Crippen LogP contribution in [0.1, 0.15) is 45.1 Å². The number of thiocarbonyl (C=S) groups is 1. The van der Waals surface area contributed by atoms with Gasteiger partial charge in [0.1, 0.15) is 4.32 Å². The van der Waals surface area contributed by atoms with Crippen LogP contribution in [-0.4, -0.2) is 34.6 Å². The van der Waals surface area contributed by atoms with Crippen molar-refractivity contribution in [1.29, 1.82) is 0 Å². The van der Waals surface area contributed by atoms with Crippen LogP contribution in [0.4, 0.5) is 5.69 Å². The molecule has 3 rings (SSSR count). The number of carbonyl (C=O) groups is 2. The van der Waals surface area contributed by atoms with E-state index in [1.54, 1.807) is 16.8 Å². The van der Waals surface area contributed by atoms with Crippen LogP contribution >= 0.6 is 24.0 Å². The lowest BCUT2D eigenvalue weighted by Gasteiger charge is -2.21. The molecular formula is C20H24N2O2S2. The standard InChI is InChI=1S/C20H24N2O2S2/c1-4-6-9-13(5-2)12-22-19(24)17(26-20(22)25)16-14-10-7-8-11-15(14)21(3)18(16)23/h7-8,10-11,13H,4-6,9,12H2,1-3H3/b17-16-. The summed E-state index contributed by atoms with van der Waals surface area (Å²) in [6.07, 6.45) is 4.43. The molecule has 1 unspecified atom stereocenters. The van der Waals surface area contributed by atoms with E-state index >= 15 is 0 Å². The van der Waals surface area contributed by atoms with Crippen molar-refractivity contribution in [2.45, 2.75) is 39.5 Å². The van der Waals surface area contributed by atoms with Crippen molar-refractivity contribution in [3.63, 3.8) is 0 Å². The number of nitrogens with zero attached hydrogens (tertiary/aromatic N) is 2. The molecular weight excluding hydrogens is 364 g/mol. The zero-order valence-electron chi connectivity index (χ0n) is 15.4. The van der Waals surface area contributed by atoms with E-state index in [-0.39, 0.29) is 11.8 Å². The second-order valence-corrected chi connectivity index (χ2v) is 8.43. The Bertz CT molecular complexity index is 788. The third-order valence-electron chi connectivity index (χ3n) is 5.11. The fourth-order valence-electron chi connectivity index (χ4n) is 3.47. The number of likely N-dealkylation sites (N-methyl/N-ethyl adjacent to an activating group) is 1. The van der Waals surface area contributed by atoms with E-state index in [1.807, 2.05) is 24.3 Å². The third kappa shape index (κ3) is 3.32. The molecule has 1 aromatic rings. The van der Waals surface area contributed by atoms with Crippen molar-refractivity contribution < 1.29 is 9.59 Å². The molecule has 1 aromatic carbocycles. The Labute approximate surface area is 164 Å². The lowest BCUT2D eigenvalue weighted by Crippen LogP contribution is -2.33. The van der Waals surface area contributed by atoms with Crippen LogP contribution in [0.25, 0.3) is 5.57 Å². The number of benzene rings is 1. The highest BCUT2D eigenvalue weighted by molar-refractivity contribution is 8.26. The van der Waals surface area contributed by atoms with E-state index < -0.39 is 0 Å². The van der Waals surface area contributed by atoms with Crippen molar-refractivity contribution in [2.24, 2.45) is 5.92 Å². The first kappa shape index (κ1) is 19.1. The molecule has 1 fully saturated rings. The van der Waals surface area contributed by atoms with Gasteiger partial charge < -0.3 is 4.90 Å². The number of anilines is 1. The number of amides is 2. The fourth-order valence-corrected chi connectivity index (χ4v) is 4.82. The molecule has 2 aliphatic rings. The van der Waals surface area contributed by atoms with Crippen LogP contribution in [0.2, 0.25) is 0 Å². The minimum Gasteiger partial charge on any atom is -0.311 e. The van der Waals surface area contributed by atoms with E-state index in [4.69, 9.17) is 12.2 Å². The van der Waals surface area contributed by atoms with E-state index in [9.17, 15) is 9.59 Å². The molecule has 0 saturated carbocycles. The molecule has 0 bridgehead atoms. The lowest BCUT2D eigenvalue weighted by molar-refractivity contribution is -0.123. The summed E-state index contributed by atoms with van der Waals surface area (Å²) in [7, 11) is 1.74. The topological polar surface area (TPSA) is 40.6 Å². The Morgan fingerprint density at radius 1 is 1.15 bits per heavy atom. The Morgan fingerprint density at radius 3 is 2.58 bits per heavy atom. The predicted octanol–water partition coefficient (Wildman–Crippen LogP) is 4.45. The van der Waals surface area contributed by atoms with Gasteiger partial charge in [-0.2, -0.15) is 0 Å². The minimum atomic E-state index is -0.135. The zero-order valence-corrected chi connectivity index (χ0v) is 17.1. The summed E-state index contributed by atoms with van der Waals surface area (Å²) in [5.41, 5.74) is 2.15. The summed E-state index contributed by atoms with van der Waals surface area (Å²) in [4.78, 5) is 29.6. The zero-order chi connectivity index (χ0) is 18.8. The molecule has 26 heavy (non-hydrogen) atoms. The lowest BCUT2D eigenvalue weighted by atomic mass is 9.98. The monoisotopic (exact) mass is 388 g/mol. The fraction of sp³-hybridized carbons (Fsp3) is 0.450. The maximum Gasteiger partial charge on any atom is 0.267 e. The van der Waals surface area contributed by atoms with Gasteiger partial charge in [-0.1, -0.05) is 75.3 Å². The van der Waals surface area contributed by atoms with Crippen LogP contribution in [0.15, 0.2) is 29.2 Å². The normalized spacial score (nSPS) is 21.0. The quantitative estimate of drug-likeness (QED) is 0.533. The smallest absolute Gasteiger partial charge is 0.267 e. The van der Waals surface area contributed by atoms with Gasteiger partial charge in [0.05, 0.1) is 16.2 Å². The first-order chi connectivity index (χ1) is 12.5. The molecule has 0 aliphatic carbocycles. The average molecular weight is 389 g/mol. The SMILES string of the molecule is CCCCC(CC)CN1C(=O)/C(=C2/C(=O)N(C)c3ccccc32)SC1=S. The summed E-state index contributed by atoms with van der Waals surface area (Å²) < 4.78 is 0.562. The van der Waals surface area contributed by atoms with Gasteiger partial charge in [0.2, 0.25) is 0 Å². The van der Waals surface area contributed by atoms with Gasteiger partial charge in [-0.25, -0.2) is 0 Å². The summed E-state index contributed by atoms with van der Waals surface area (Å²) in [6.45, 7) is 4.97. The van der Waals surface area contributed by atoms with Gasteiger partial charge in [0.15, 0.2) is 0 Å². The molecule has 0 aromatic heterocycles. The van der Waals surface area contributed by atoms with Crippen LogP contribution < -0.4 is 4.90 Å². The van der Waals surface area contributed by atoms with Gasteiger partial charge in [-0.15, -0.1) is 0 Å². The molecule has 0 radical (unpaired) electrons. The number of carbonyl (C=O) groups excluding carboxylic acids is 2. The van der Waals surface area contributed by atoms with Gasteiger partial charge in [-0.3, -0.25) is 14.5 Å². The summed E-state index contributed by atoms with van der Waals surface area (Å²) in [6, 6.07) is 7.59. The Hall–Kier alpha value is -1.66. The first-order valence-electron chi connectivity index (χ1n) is 9.14. The Balaban J connectivity index is 1.91. The second kappa shape index (κ2) is 7.92. The third-order valence-corrected chi connectivity index (χ3v) is 6.56. The minimum absolute atomic E-state index is 0.122. The number of hydrogen-bond acceptors (Lipinski definition) is 4. The molecule has 1 atom stereocenters. The van der Waals surface area contributed by atoms with E-state index in [0.29, 0.717) is 27.3 Å². The summed E-state index contributed by atoms with van der Waals surface area (Å²) >= 11 is 6.75. The Morgan fingerprint density at radius 2 is 1.88 bits per heavy atom. The van der Waals surface area contributed by atoms with Crippen molar-refractivity contribution in [2.75, 3.05) is 18.5 Å². The van der Waals surface area contributed by atoms with Crippen molar-refractivity contribution in [3.8, 4) is 0 Å². The number of rotatable bonds is 6. The highest BCUT2D eigenvalue weighted by Crippen LogP contribution is 2.44. The number of thioether (sulfide) groups is 1. The van der Waals surface area contributed by atoms with Crippen LogP contribution in [0.5, 0.6) is 0 Å². The van der Waals surface area contributed by atoms with Gasteiger partial charge >= 0.3 is 0 Å². The van der Waals surface area contributed by atoms with E-state index in [0.717, 1.165) is 36.9 Å². The van der Waals surface area contributed by atoms with Gasteiger partial charge in [0, 0.05) is 19.2 Å². The molecule has 138 valence electrons. The highest BCUT2D eigenvalue weighted by atomic mass is 32.2. The average Bonchev–Trinajstić information content (AvgIpc) is 3.06. The molecule has 4 nitrogen and oxygen atoms in total. The molecule has 2 amide bonds. The molecule has 2 aliphatic heterocycles. The van der Waals surface area contributed by atoms with Gasteiger partial charge in [-0.05, 0) is 18.4 Å². The molecule has 0 spiro atoms. The second-order valence-electron chi connectivity index (χ2n) is 6.79. The number of unbranched alkanes of at least 4 members (excludes halogenated alkanes) is 1. The van der Waals surface area contributed by atoms with Crippen LogP contribution in [0.3, 0.4) is 0 Å². The van der Waals surface area contributed by atoms with Crippen molar-refractivity contribution in [1.82, 2.24) is 4.90 Å². The Kier molecular flexibility index (Phi) is 5.82. The molecule has 1 saturated heterocycles. The van der Waals surface area contributed by atoms with Gasteiger partial charge in [0.25, 0.3) is 11.8 Å². The largest absolute Gasteiger partial charge is 0.311 e. The number of fused-ring (bicyclic) bond motifs is 1. The van der Waals surface area contributed by atoms with Crippen LogP contribution in [0, 0.1) is 5.92 Å². The van der Waals surface area contributed by atoms with E-state index in [1.165, 1.54) is 11.8 Å². The number of hydrogen-bond donors (Lipinski definition) is 0. The summed E-state index contributed by atoms with van der Waals surface area (Å²) in [5, 5.41) is 0. The molecule has 6 heteroatoms. The predicted molar refractivity (Wildman–Crippen MR) is 112 cm³/mol. The van der Waals surface area contributed by atoms with Crippen molar-refractivity contribution in [3.05, 3.63) is 34.7 Å². The molecule has 2 heterocycles. The maximum atomic E-state index is 13.1. The first-order valence-corrected chi connectivity index (χ1v) is 10.4. The van der Waals surface area contributed by atoms with Crippen molar-refractivity contribution >= 4 is 51.4 Å². The molecule has 0 N–H and O–H groups in total. The van der Waals surface area contributed by atoms with E-state index in [2.05, 4.69) is 13.8 Å². The summed E-state index contributed by atoms with van der Waals surface area (Å²) in [5.74, 6) is 0.184. The van der Waals surface area contributed by atoms with Crippen LogP contribution in [-0.2, 0) is 9.59 Å². The number of para-hydroxylation sites is 1. The highest BCUT2D eigenvalue weighted by Gasteiger charge is 2.41.